The van der Waals surface area contributed by atoms with Crippen molar-refractivity contribution in [3.63, 3.8) is 0 Å². The van der Waals surface area contributed by atoms with Gasteiger partial charge in [-0.15, -0.1) is 0 Å². The van der Waals surface area contributed by atoms with Crippen molar-refractivity contribution in [2.75, 3.05) is 0 Å². The van der Waals surface area contributed by atoms with Crippen LogP contribution in [0.1, 0.15) is 26.2 Å². The number of nitriles is 1. The van der Waals surface area contributed by atoms with Crippen molar-refractivity contribution < 1.29 is 13.2 Å². The minimum absolute atomic E-state index is 0.0458. The van der Waals surface area contributed by atoms with Gasteiger partial charge in [-0.2, -0.15) is 23.4 Å². The summed E-state index contributed by atoms with van der Waals surface area (Å²) in [6.07, 6.45) is 2.48. The Hall–Kier alpha value is -1.64. The van der Waals surface area contributed by atoms with E-state index in [-0.39, 0.29) is 17.8 Å². The molecule has 3 unspecified atom stereocenters. The molecule has 2 aliphatic rings. The molecule has 6 heteroatoms. The number of nitrogens with zero attached hydrogens (tertiary/aromatic N) is 3. The van der Waals surface area contributed by atoms with Crippen molar-refractivity contribution in [1.82, 2.24) is 0 Å². The number of hydrogen-bond donors (Lipinski definition) is 0. The third-order valence-electron chi connectivity index (χ3n) is 3.74. The van der Waals surface area contributed by atoms with Crippen LogP contribution in [-0.4, -0.2) is 18.1 Å². The fourth-order valence-corrected chi connectivity index (χ4v) is 2.82. The topological polar surface area (TPSA) is 48.5 Å². The first-order valence-corrected chi connectivity index (χ1v) is 6.22. The van der Waals surface area contributed by atoms with Crippen LogP contribution >= 0.6 is 0 Å². The summed E-state index contributed by atoms with van der Waals surface area (Å²) < 4.78 is 37.7. The van der Waals surface area contributed by atoms with Crippen molar-refractivity contribution in [1.29, 1.82) is 5.26 Å². The van der Waals surface area contributed by atoms with Crippen LogP contribution in [0.15, 0.2) is 21.8 Å². The Labute approximate surface area is 109 Å². The van der Waals surface area contributed by atoms with Crippen LogP contribution in [0.2, 0.25) is 0 Å². The number of alkyl halides is 3. The molecule has 0 N–H and O–H groups in total. The van der Waals surface area contributed by atoms with E-state index in [1.807, 2.05) is 0 Å². The van der Waals surface area contributed by atoms with E-state index >= 15 is 0 Å². The third kappa shape index (κ3) is 2.86. The summed E-state index contributed by atoms with van der Waals surface area (Å²) in [5, 5.41) is 8.63. The SMILES string of the molecule is CC1C=C(C(F)(F)F)N=CC1C1CCCC1=NC#N. The Morgan fingerprint density at radius 2 is 2.21 bits per heavy atom. The Morgan fingerprint density at radius 1 is 1.47 bits per heavy atom. The highest BCUT2D eigenvalue weighted by Gasteiger charge is 2.39. The Balaban J connectivity index is 2.18. The van der Waals surface area contributed by atoms with Gasteiger partial charge in [0.1, 0.15) is 5.70 Å². The van der Waals surface area contributed by atoms with E-state index in [0.717, 1.165) is 25.0 Å². The molecule has 0 aromatic rings. The van der Waals surface area contributed by atoms with E-state index in [2.05, 4.69) is 9.98 Å². The summed E-state index contributed by atoms with van der Waals surface area (Å²) in [6.45, 7) is 1.75. The molecule has 0 aromatic heterocycles. The second-order valence-electron chi connectivity index (χ2n) is 4.97. The van der Waals surface area contributed by atoms with E-state index in [9.17, 15) is 13.2 Å². The maximum Gasteiger partial charge on any atom is 0.433 e. The zero-order chi connectivity index (χ0) is 14.0. The van der Waals surface area contributed by atoms with Crippen molar-refractivity contribution in [3.8, 4) is 6.19 Å². The molecular formula is C13H14F3N3. The fourth-order valence-electron chi connectivity index (χ4n) is 2.82. The van der Waals surface area contributed by atoms with Crippen molar-refractivity contribution in [3.05, 3.63) is 11.8 Å². The van der Waals surface area contributed by atoms with Gasteiger partial charge >= 0.3 is 6.18 Å². The van der Waals surface area contributed by atoms with Gasteiger partial charge < -0.3 is 0 Å². The smallest absolute Gasteiger partial charge is 0.256 e. The predicted molar refractivity (Wildman–Crippen MR) is 65.7 cm³/mol. The highest BCUT2D eigenvalue weighted by atomic mass is 19.4. The number of aliphatic imine (C=N–C) groups is 2. The summed E-state index contributed by atoms with van der Waals surface area (Å²) in [5.41, 5.74) is -0.0253. The van der Waals surface area contributed by atoms with Crippen LogP contribution in [0.25, 0.3) is 0 Å². The lowest BCUT2D eigenvalue weighted by molar-refractivity contribution is -0.0932. The van der Waals surface area contributed by atoms with Crippen molar-refractivity contribution >= 4 is 11.9 Å². The lowest BCUT2D eigenvalue weighted by Gasteiger charge is -2.28. The molecule has 2 rings (SSSR count). The first-order chi connectivity index (χ1) is 8.93. The minimum Gasteiger partial charge on any atom is -0.256 e. The lowest BCUT2D eigenvalue weighted by Crippen LogP contribution is -2.29. The number of hydrogen-bond acceptors (Lipinski definition) is 3. The van der Waals surface area contributed by atoms with Gasteiger partial charge in [0.05, 0.1) is 0 Å². The number of rotatable bonds is 1. The van der Waals surface area contributed by atoms with Gasteiger partial charge in [-0.05, 0) is 25.2 Å². The highest BCUT2D eigenvalue weighted by molar-refractivity contribution is 5.92. The monoisotopic (exact) mass is 269 g/mol. The second kappa shape index (κ2) is 5.16. The molecule has 3 atom stereocenters. The molecule has 1 heterocycles. The van der Waals surface area contributed by atoms with E-state index < -0.39 is 11.9 Å². The standard InChI is InChI=1S/C13H14F3N3/c1-8-5-12(13(14,15)16)18-6-10(8)9-3-2-4-11(9)19-7-17/h5-6,8-10H,2-4H2,1H3. The molecule has 3 nitrogen and oxygen atoms in total. The third-order valence-corrected chi connectivity index (χ3v) is 3.74. The zero-order valence-electron chi connectivity index (χ0n) is 10.5. The molecule has 0 aromatic carbocycles. The minimum atomic E-state index is -4.39. The molecule has 19 heavy (non-hydrogen) atoms. The van der Waals surface area contributed by atoms with Crippen molar-refractivity contribution in [2.45, 2.75) is 32.4 Å². The molecule has 0 bridgehead atoms. The van der Waals surface area contributed by atoms with E-state index in [0.29, 0.717) is 0 Å². The summed E-state index contributed by atoms with van der Waals surface area (Å²) in [7, 11) is 0. The van der Waals surface area contributed by atoms with Gasteiger partial charge in [0.25, 0.3) is 0 Å². The number of halogens is 3. The number of allylic oxidation sites excluding steroid dienone is 2. The second-order valence-corrected chi connectivity index (χ2v) is 4.97. The van der Waals surface area contributed by atoms with Crippen LogP contribution in [0, 0.1) is 29.2 Å². The summed E-state index contributed by atoms with van der Waals surface area (Å²) in [6, 6.07) is 0. The molecule has 1 saturated carbocycles. The zero-order valence-corrected chi connectivity index (χ0v) is 10.5. The Morgan fingerprint density at radius 3 is 2.79 bits per heavy atom. The van der Waals surface area contributed by atoms with Gasteiger partial charge in [0.2, 0.25) is 6.19 Å². The average Bonchev–Trinajstić information content (AvgIpc) is 2.76. The molecule has 0 amide bonds. The molecule has 0 spiro atoms. The first kappa shape index (κ1) is 13.8. The predicted octanol–water partition coefficient (Wildman–Crippen LogP) is 3.49. The normalized spacial score (nSPS) is 33.3. The van der Waals surface area contributed by atoms with Gasteiger partial charge in [-0.3, -0.25) is 4.99 Å². The van der Waals surface area contributed by atoms with Crippen LogP contribution in [0.5, 0.6) is 0 Å². The Bertz CT molecular complexity index is 482. The van der Waals surface area contributed by atoms with Gasteiger partial charge in [-0.25, -0.2) is 0 Å². The van der Waals surface area contributed by atoms with Crippen molar-refractivity contribution in [2.24, 2.45) is 27.7 Å². The molecule has 1 fully saturated rings. The largest absolute Gasteiger partial charge is 0.433 e. The molecule has 102 valence electrons. The average molecular weight is 269 g/mol. The molecule has 0 radical (unpaired) electrons. The van der Waals surface area contributed by atoms with Crippen LogP contribution in [-0.2, 0) is 0 Å². The molecule has 1 aliphatic heterocycles. The van der Waals surface area contributed by atoms with Gasteiger partial charge in [-0.1, -0.05) is 13.0 Å². The summed E-state index contributed by atoms with van der Waals surface area (Å²) in [4.78, 5) is 7.35. The Kier molecular flexibility index (Phi) is 3.74. The lowest BCUT2D eigenvalue weighted by atomic mass is 9.80. The van der Waals surface area contributed by atoms with Gasteiger partial charge in [0.15, 0.2) is 0 Å². The summed E-state index contributed by atoms with van der Waals surface area (Å²) in [5.74, 6) is -0.300. The maximum absolute atomic E-state index is 12.6. The van der Waals surface area contributed by atoms with E-state index in [1.165, 1.54) is 12.3 Å². The summed E-state index contributed by atoms with van der Waals surface area (Å²) >= 11 is 0. The van der Waals surface area contributed by atoms with E-state index in [1.54, 1.807) is 13.1 Å². The fraction of sp³-hybridized carbons (Fsp3) is 0.615. The van der Waals surface area contributed by atoms with Crippen LogP contribution in [0.4, 0.5) is 13.2 Å². The van der Waals surface area contributed by atoms with Crippen LogP contribution < -0.4 is 0 Å². The maximum atomic E-state index is 12.6. The van der Waals surface area contributed by atoms with Crippen LogP contribution in [0.3, 0.4) is 0 Å². The molecule has 0 saturated heterocycles. The first-order valence-electron chi connectivity index (χ1n) is 6.22. The highest BCUT2D eigenvalue weighted by Crippen LogP contribution is 2.38. The van der Waals surface area contributed by atoms with Gasteiger partial charge in [0, 0.05) is 23.8 Å². The quantitative estimate of drug-likeness (QED) is 0.672. The van der Waals surface area contributed by atoms with E-state index in [4.69, 9.17) is 5.26 Å². The molecule has 1 aliphatic carbocycles. The molecular weight excluding hydrogens is 255 g/mol.